The van der Waals surface area contributed by atoms with Crippen LogP contribution in [0.15, 0.2) is 85.1 Å². The molecule has 1 aromatic heterocycles. The molecular formula is C29H24N4O3. The first-order valence-electron chi connectivity index (χ1n) is 11.8. The lowest BCUT2D eigenvalue weighted by Gasteiger charge is -2.18. The number of aromatic nitrogens is 2. The molecule has 7 heteroatoms. The van der Waals surface area contributed by atoms with Crippen molar-refractivity contribution in [3.05, 3.63) is 102 Å². The highest BCUT2D eigenvalue weighted by Gasteiger charge is 2.52. The number of hydrogen-bond acceptors (Lipinski definition) is 4. The maximum absolute atomic E-state index is 12.9. The number of carbonyl (C=O) groups is 2. The molecule has 0 saturated heterocycles. The number of carboxylic acid groups (broad SMARTS) is 1. The summed E-state index contributed by atoms with van der Waals surface area (Å²) in [5.41, 5.74) is 3.37. The summed E-state index contributed by atoms with van der Waals surface area (Å²) in [5.74, 6) is -0.822. The van der Waals surface area contributed by atoms with Crippen LogP contribution in [0, 0.1) is 11.3 Å². The van der Waals surface area contributed by atoms with Crippen molar-refractivity contribution in [3.63, 3.8) is 0 Å². The highest BCUT2D eigenvalue weighted by molar-refractivity contribution is 5.92. The van der Waals surface area contributed by atoms with Crippen molar-refractivity contribution >= 4 is 17.7 Å². The summed E-state index contributed by atoms with van der Waals surface area (Å²) in [6, 6.07) is 27.0. The Balaban J connectivity index is 1.55. The number of nitriles is 1. The van der Waals surface area contributed by atoms with Gasteiger partial charge in [0, 0.05) is 12.0 Å². The minimum absolute atomic E-state index is 0.229. The Kier molecular flexibility index (Phi) is 6.09. The fraction of sp³-hybridized carbons (Fsp3) is 0.172. The molecule has 2 N–H and O–H groups in total. The first kappa shape index (κ1) is 23.1. The van der Waals surface area contributed by atoms with Crippen molar-refractivity contribution in [2.24, 2.45) is 0 Å². The lowest BCUT2D eigenvalue weighted by atomic mass is 9.92. The molecule has 1 fully saturated rings. The number of benzene rings is 3. The first-order chi connectivity index (χ1) is 17.5. The predicted molar refractivity (Wildman–Crippen MR) is 136 cm³/mol. The number of anilines is 1. The summed E-state index contributed by atoms with van der Waals surface area (Å²) < 4.78 is 1.53. The summed E-state index contributed by atoms with van der Waals surface area (Å²) in [4.78, 5) is 24.9. The molecule has 0 atom stereocenters. The van der Waals surface area contributed by atoms with E-state index in [2.05, 4.69) is 16.5 Å². The van der Waals surface area contributed by atoms with Gasteiger partial charge in [-0.15, -0.1) is 0 Å². The molecule has 1 aliphatic rings. The minimum Gasteiger partial charge on any atom is -0.481 e. The van der Waals surface area contributed by atoms with Gasteiger partial charge in [-0.1, -0.05) is 72.8 Å². The van der Waals surface area contributed by atoms with Crippen LogP contribution in [0.3, 0.4) is 0 Å². The number of rotatable bonds is 8. The molecule has 178 valence electrons. The number of carboxylic acids is 1. The third-order valence-electron chi connectivity index (χ3n) is 6.65. The summed E-state index contributed by atoms with van der Waals surface area (Å²) in [7, 11) is 0. The smallest absolute Gasteiger partial charge is 0.314 e. The zero-order valence-electron chi connectivity index (χ0n) is 19.5. The lowest BCUT2D eigenvalue weighted by Crippen LogP contribution is -2.20. The topological polar surface area (TPSA) is 108 Å². The average molecular weight is 477 g/mol. The monoisotopic (exact) mass is 476 g/mol. The number of hydrogen-bond donors (Lipinski definition) is 2. The fourth-order valence-corrected chi connectivity index (χ4v) is 4.45. The molecule has 36 heavy (non-hydrogen) atoms. The number of aryl methyl sites for hydroxylation is 1. The van der Waals surface area contributed by atoms with E-state index in [1.165, 1.54) is 10.9 Å². The van der Waals surface area contributed by atoms with Gasteiger partial charge in [-0.05, 0) is 42.0 Å². The van der Waals surface area contributed by atoms with Crippen molar-refractivity contribution in [1.29, 1.82) is 5.26 Å². The van der Waals surface area contributed by atoms with E-state index in [9.17, 15) is 20.0 Å². The van der Waals surface area contributed by atoms with E-state index in [-0.39, 0.29) is 23.7 Å². The summed E-state index contributed by atoms with van der Waals surface area (Å²) >= 11 is 0. The highest BCUT2D eigenvalue weighted by atomic mass is 16.4. The molecule has 0 unspecified atom stereocenters. The van der Waals surface area contributed by atoms with Gasteiger partial charge in [-0.25, -0.2) is 4.68 Å². The van der Waals surface area contributed by atoms with Crippen molar-refractivity contribution in [2.45, 2.75) is 31.1 Å². The molecule has 1 amide bonds. The molecule has 3 aromatic carbocycles. The summed E-state index contributed by atoms with van der Waals surface area (Å²) in [6.07, 6.45) is 3.36. The van der Waals surface area contributed by atoms with Crippen LogP contribution in [0.4, 0.5) is 5.82 Å². The Bertz CT molecular complexity index is 1470. The van der Waals surface area contributed by atoms with Crippen molar-refractivity contribution in [3.8, 4) is 22.9 Å². The molecule has 1 saturated carbocycles. The van der Waals surface area contributed by atoms with E-state index >= 15 is 0 Å². The second-order valence-electron chi connectivity index (χ2n) is 8.95. The standard InChI is InChI=1S/C29H24N4O3/c30-18-22-19-31-33(27(22)32-26(34)14-11-20-7-3-1-4-8-20)25-17-23(29(15-16-29)28(35)36)12-13-24(25)21-9-5-2-6-10-21/h1-10,12-13,17,19H,11,14-16H2,(H,32,34)(H,35,36). The molecule has 1 heterocycles. The van der Waals surface area contributed by atoms with Crippen LogP contribution in [0.5, 0.6) is 0 Å². The van der Waals surface area contributed by atoms with Crippen molar-refractivity contribution in [1.82, 2.24) is 9.78 Å². The largest absolute Gasteiger partial charge is 0.481 e. The van der Waals surface area contributed by atoms with Crippen molar-refractivity contribution in [2.75, 3.05) is 5.32 Å². The van der Waals surface area contributed by atoms with Gasteiger partial charge in [0.25, 0.3) is 0 Å². The molecule has 4 aromatic rings. The third kappa shape index (κ3) is 4.37. The van der Waals surface area contributed by atoms with Gasteiger partial charge < -0.3 is 10.4 Å². The number of nitrogens with one attached hydrogen (secondary N) is 1. The molecule has 1 aliphatic carbocycles. The van der Waals surface area contributed by atoms with Crippen LogP contribution < -0.4 is 5.32 Å². The third-order valence-corrected chi connectivity index (χ3v) is 6.65. The Hall–Kier alpha value is -4.70. The van der Waals surface area contributed by atoms with E-state index in [1.54, 1.807) is 0 Å². The van der Waals surface area contributed by atoms with Crippen LogP contribution in [0.1, 0.15) is 36.0 Å². The van der Waals surface area contributed by atoms with Gasteiger partial charge >= 0.3 is 5.97 Å². The Labute approximate surface area is 208 Å². The minimum atomic E-state index is -0.908. The van der Waals surface area contributed by atoms with E-state index < -0.39 is 11.4 Å². The van der Waals surface area contributed by atoms with E-state index in [0.29, 0.717) is 30.5 Å². The Morgan fingerprint density at radius 3 is 2.36 bits per heavy atom. The molecule has 0 bridgehead atoms. The lowest BCUT2D eigenvalue weighted by molar-refractivity contribution is -0.140. The first-order valence-corrected chi connectivity index (χ1v) is 11.8. The van der Waals surface area contributed by atoms with Gasteiger partial charge in [-0.3, -0.25) is 9.59 Å². The van der Waals surface area contributed by atoms with Gasteiger partial charge in [-0.2, -0.15) is 10.4 Å². The fourth-order valence-electron chi connectivity index (χ4n) is 4.45. The maximum Gasteiger partial charge on any atom is 0.314 e. The number of aliphatic carboxylic acids is 1. The number of amides is 1. The molecule has 0 spiro atoms. The zero-order valence-corrected chi connectivity index (χ0v) is 19.5. The van der Waals surface area contributed by atoms with Crippen LogP contribution in [0.2, 0.25) is 0 Å². The van der Waals surface area contributed by atoms with Crippen LogP contribution >= 0.6 is 0 Å². The number of carbonyl (C=O) groups excluding carboxylic acids is 1. The van der Waals surface area contributed by atoms with Crippen LogP contribution in [-0.2, 0) is 21.4 Å². The quantitative estimate of drug-likeness (QED) is 0.368. The van der Waals surface area contributed by atoms with E-state index in [4.69, 9.17) is 0 Å². The molecule has 0 radical (unpaired) electrons. The predicted octanol–water partition coefficient (Wildman–Crippen LogP) is 5.10. The second kappa shape index (κ2) is 9.51. The molecule has 5 rings (SSSR count). The molecule has 0 aliphatic heterocycles. The van der Waals surface area contributed by atoms with E-state index in [0.717, 1.165) is 16.7 Å². The average Bonchev–Trinajstić information content (AvgIpc) is 3.64. The summed E-state index contributed by atoms with van der Waals surface area (Å²) in [5, 5.41) is 26.9. The van der Waals surface area contributed by atoms with E-state index in [1.807, 2.05) is 78.9 Å². The van der Waals surface area contributed by atoms with Crippen LogP contribution in [0.25, 0.3) is 16.8 Å². The second-order valence-corrected chi connectivity index (χ2v) is 8.95. The van der Waals surface area contributed by atoms with Gasteiger partial charge in [0.1, 0.15) is 11.6 Å². The van der Waals surface area contributed by atoms with Crippen molar-refractivity contribution < 1.29 is 14.7 Å². The highest BCUT2D eigenvalue weighted by Crippen LogP contribution is 2.49. The normalized spacial score (nSPS) is 13.5. The molecular weight excluding hydrogens is 452 g/mol. The SMILES string of the molecule is N#Cc1cnn(-c2cc(C3(C(=O)O)CC3)ccc2-c2ccccc2)c1NC(=O)CCc1ccccc1. The number of nitrogens with zero attached hydrogens (tertiary/aromatic N) is 3. The van der Waals surface area contributed by atoms with Gasteiger partial charge in [0.2, 0.25) is 5.91 Å². The zero-order chi connectivity index (χ0) is 25.1. The van der Waals surface area contributed by atoms with Gasteiger partial charge in [0.05, 0.1) is 17.3 Å². The van der Waals surface area contributed by atoms with Crippen LogP contribution in [-0.4, -0.2) is 26.8 Å². The Morgan fingerprint density at radius 2 is 1.72 bits per heavy atom. The Morgan fingerprint density at radius 1 is 1.03 bits per heavy atom. The van der Waals surface area contributed by atoms with Gasteiger partial charge in [0.15, 0.2) is 5.82 Å². The summed E-state index contributed by atoms with van der Waals surface area (Å²) in [6.45, 7) is 0. The maximum atomic E-state index is 12.9. The molecule has 7 nitrogen and oxygen atoms in total.